The van der Waals surface area contributed by atoms with Crippen LogP contribution in [0.1, 0.15) is 48.1 Å². The first-order valence-corrected chi connectivity index (χ1v) is 9.77. The van der Waals surface area contributed by atoms with Crippen molar-refractivity contribution in [1.82, 2.24) is 20.8 Å². The third-order valence-electron chi connectivity index (χ3n) is 4.49. The summed E-state index contributed by atoms with van der Waals surface area (Å²) < 4.78 is 10.5. The number of hydrogen-bond donors (Lipinski definition) is 3. The second kappa shape index (κ2) is 9.73. The minimum absolute atomic E-state index is 0.136. The zero-order valence-corrected chi connectivity index (χ0v) is 16.9. The smallest absolute Gasteiger partial charge is 0.359 e. The number of aromatic nitrogens is 2. The molecule has 1 aromatic carbocycles. The van der Waals surface area contributed by atoms with Gasteiger partial charge in [-0.3, -0.25) is 5.10 Å². The van der Waals surface area contributed by atoms with Crippen molar-refractivity contribution in [3.63, 3.8) is 0 Å². The normalized spacial score (nSPS) is 15.9. The van der Waals surface area contributed by atoms with Crippen LogP contribution in [-0.4, -0.2) is 41.4 Å². The number of ether oxygens (including phenoxy) is 2. The van der Waals surface area contributed by atoms with Crippen molar-refractivity contribution in [1.29, 1.82) is 0 Å². The van der Waals surface area contributed by atoms with Crippen LogP contribution in [0.5, 0.6) is 0 Å². The van der Waals surface area contributed by atoms with Gasteiger partial charge in [-0.15, -0.1) is 0 Å². The Balaban J connectivity index is 1.85. The van der Waals surface area contributed by atoms with Crippen molar-refractivity contribution in [3.8, 4) is 0 Å². The maximum Gasteiger partial charge on any atom is 0.359 e. The van der Waals surface area contributed by atoms with E-state index in [0.717, 1.165) is 18.5 Å². The molecule has 0 saturated carbocycles. The van der Waals surface area contributed by atoms with Gasteiger partial charge in [0.2, 0.25) is 0 Å². The van der Waals surface area contributed by atoms with Gasteiger partial charge in [-0.05, 0) is 25.0 Å². The molecule has 0 aliphatic carbocycles. The first-order chi connectivity index (χ1) is 14.5. The number of hydrogen-bond acceptors (Lipinski definition) is 6. The molecule has 3 rings (SSSR count). The number of urea groups is 1. The van der Waals surface area contributed by atoms with Gasteiger partial charge in [-0.25, -0.2) is 14.4 Å². The quantitative estimate of drug-likeness (QED) is 0.572. The molecular weight excluding hydrogens is 388 g/mol. The fourth-order valence-electron chi connectivity index (χ4n) is 3.15. The van der Waals surface area contributed by atoms with E-state index in [1.165, 1.54) is 0 Å². The number of rotatable bonds is 8. The maximum absolute atomic E-state index is 12.7. The van der Waals surface area contributed by atoms with Crippen molar-refractivity contribution >= 4 is 18.0 Å². The maximum atomic E-state index is 12.7. The van der Waals surface area contributed by atoms with Crippen LogP contribution in [0.15, 0.2) is 47.7 Å². The molecule has 1 aliphatic heterocycles. The number of amides is 2. The largest absolute Gasteiger partial charge is 0.463 e. The zero-order valence-electron chi connectivity index (χ0n) is 16.9. The van der Waals surface area contributed by atoms with Crippen LogP contribution in [-0.2, 0) is 20.7 Å². The van der Waals surface area contributed by atoms with Crippen LogP contribution in [0.3, 0.4) is 0 Å². The lowest BCUT2D eigenvalue weighted by Crippen LogP contribution is -2.47. The Kier molecular flexibility index (Phi) is 6.84. The number of esters is 2. The summed E-state index contributed by atoms with van der Waals surface area (Å²) in [6.07, 6.45) is 1.67. The SMILES string of the molecule is CCCc1cc(C(=O)OCC2=C(C(=O)OCC)C(c3ccccc3)NC(=O)N2)n[nH]1. The Morgan fingerprint density at radius 2 is 1.87 bits per heavy atom. The topological polar surface area (TPSA) is 122 Å². The molecule has 0 radical (unpaired) electrons. The molecule has 158 valence electrons. The van der Waals surface area contributed by atoms with Crippen molar-refractivity contribution in [2.75, 3.05) is 13.2 Å². The van der Waals surface area contributed by atoms with Crippen molar-refractivity contribution in [2.24, 2.45) is 0 Å². The molecule has 2 aromatic rings. The number of aromatic amines is 1. The Morgan fingerprint density at radius 3 is 2.57 bits per heavy atom. The van der Waals surface area contributed by atoms with Gasteiger partial charge in [0.15, 0.2) is 5.69 Å². The molecule has 3 N–H and O–H groups in total. The molecule has 0 spiro atoms. The second-order valence-electron chi connectivity index (χ2n) is 6.66. The molecule has 9 heteroatoms. The van der Waals surface area contributed by atoms with E-state index in [2.05, 4.69) is 20.8 Å². The van der Waals surface area contributed by atoms with Crippen LogP contribution in [0.2, 0.25) is 0 Å². The summed E-state index contributed by atoms with van der Waals surface area (Å²) in [7, 11) is 0. The molecule has 0 fully saturated rings. The number of H-pyrrole nitrogens is 1. The lowest BCUT2D eigenvalue weighted by Gasteiger charge is -2.29. The zero-order chi connectivity index (χ0) is 21.5. The third-order valence-corrected chi connectivity index (χ3v) is 4.49. The molecule has 9 nitrogen and oxygen atoms in total. The molecule has 0 bridgehead atoms. The molecule has 1 aliphatic rings. The second-order valence-corrected chi connectivity index (χ2v) is 6.66. The van der Waals surface area contributed by atoms with Crippen LogP contribution in [0, 0.1) is 0 Å². The monoisotopic (exact) mass is 412 g/mol. The summed E-state index contributed by atoms with van der Waals surface area (Å²) >= 11 is 0. The Labute approximate surface area is 173 Å². The van der Waals surface area contributed by atoms with Gasteiger partial charge in [0.25, 0.3) is 0 Å². The first-order valence-electron chi connectivity index (χ1n) is 9.77. The van der Waals surface area contributed by atoms with Crippen molar-refractivity contribution in [3.05, 3.63) is 64.6 Å². The van der Waals surface area contributed by atoms with E-state index >= 15 is 0 Å². The number of carbonyl (C=O) groups is 3. The molecule has 1 unspecified atom stereocenters. The molecule has 1 atom stereocenters. The van der Waals surface area contributed by atoms with E-state index in [1.54, 1.807) is 37.3 Å². The number of nitrogens with zero attached hydrogens (tertiary/aromatic N) is 1. The van der Waals surface area contributed by atoms with Crippen LogP contribution in [0.25, 0.3) is 0 Å². The molecule has 2 amide bonds. The van der Waals surface area contributed by atoms with Crippen LogP contribution >= 0.6 is 0 Å². The summed E-state index contributed by atoms with van der Waals surface area (Å²) in [6.45, 7) is 3.57. The lowest BCUT2D eigenvalue weighted by atomic mass is 9.95. The minimum Gasteiger partial charge on any atom is -0.463 e. The summed E-state index contributed by atoms with van der Waals surface area (Å²) in [5.74, 6) is -1.26. The van der Waals surface area contributed by atoms with Gasteiger partial charge in [-0.2, -0.15) is 5.10 Å². The van der Waals surface area contributed by atoms with Gasteiger partial charge in [0.05, 0.1) is 23.9 Å². The van der Waals surface area contributed by atoms with Gasteiger partial charge in [0, 0.05) is 5.69 Å². The Bertz CT molecular complexity index is 951. The Hall–Kier alpha value is -3.62. The third kappa shape index (κ3) is 4.86. The van der Waals surface area contributed by atoms with E-state index in [4.69, 9.17) is 9.47 Å². The minimum atomic E-state index is -0.728. The molecule has 30 heavy (non-hydrogen) atoms. The van der Waals surface area contributed by atoms with Crippen LogP contribution < -0.4 is 10.6 Å². The summed E-state index contributed by atoms with van der Waals surface area (Å²) in [6, 6.07) is 9.41. The number of aryl methyl sites for hydroxylation is 1. The highest BCUT2D eigenvalue weighted by molar-refractivity contribution is 5.95. The molecule has 0 saturated heterocycles. The standard InChI is InChI=1S/C21H24N4O5/c1-3-8-14-11-15(25-24-14)19(26)30-12-16-17(20(27)29-4-2)18(23-21(28)22-16)13-9-6-5-7-10-13/h5-7,9-11,18H,3-4,8,12H2,1-2H3,(H,24,25)(H2,22,23,28). The summed E-state index contributed by atoms with van der Waals surface area (Å²) in [5, 5.41) is 12.0. The van der Waals surface area contributed by atoms with Crippen LogP contribution in [0.4, 0.5) is 4.79 Å². The van der Waals surface area contributed by atoms with E-state index < -0.39 is 24.0 Å². The number of nitrogens with one attached hydrogen (secondary N) is 3. The highest BCUT2D eigenvalue weighted by Crippen LogP contribution is 2.27. The van der Waals surface area contributed by atoms with E-state index in [1.807, 2.05) is 13.0 Å². The predicted molar refractivity (Wildman–Crippen MR) is 107 cm³/mol. The van der Waals surface area contributed by atoms with Crippen molar-refractivity contribution in [2.45, 2.75) is 32.7 Å². The highest BCUT2D eigenvalue weighted by atomic mass is 16.5. The van der Waals surface area contributed by atoms with Gasteiger partial charge < -0.3 is 20.1 Å². The van der Waals surface area contributed by atoms with E-state index in [9.17, 15) is 14.4 Å². The van der Waals surface area contributed by atoms with E-state index in [0.29, 0.717) is 5.56 Å². The molecule has 2 heterocycles. The summed E-state index contributed by atoms with van der Waals surface area (Å²) in [4.78, 5) is 37.2. The fraction of sp³-hybridized carbons (Fsp3) is 0.333. The van der Waals surface area contributed by atoms with E-state index in [-0.39, 0.29) is 30.2 Å². The first kappa shape index (κ1) is 21.1. The average molecular weight is 412 g/mol. The van der Waals surface area contributed by atoms with Gasteiger partial charge in [0.1, 0.15) is 6.61 Å². The lowest BCUT2D eigenvalue weighted by molar-refractivity contribution is -0.139. The number of carbonyl (C=O) groups excluding carboxylic acids is 3. The van der Waals surface area contributed by atoms with Gasteiger partial charge in [-0.1, -0.05) is 43.7 Å². The predicted octanol–water partition coefficient (Wildman–Crippen LogP) is 2.39. The summed E-state index contributed by atoms with van der Waals surface area (Å²) in [5.41, 5.74) is 2.02. The average Bonchev–Trinajstić information content (AvgIpc) is 3.21. The van der Waals surface area contributed by atoms with Crippen molar-refractivity contribution < 1.29 is 23.9 Å². The highest BCUT2D eigenvalue weighted by Gasteiger charge is 2.34. The molecule has 1 aromatic heterocycles. The number of benzene rings is 1. The fourth-order valence-corrected chi connectivity index (χ4v) is 3.15. The Morgan fingerprint density at radius 1 is 1.10 bits per heavy atom. The van der Waals surface area contributed by atoms with Gasteiger partial charge >= 0.3 is 18.0 Å². The molecular formula is C21H24N4O5.